The number of hydrogen-bond donors (Lipinski definition) is 0. The second-order valence-corrected chi connectivity index (χ2v) is 5.20. The molecule has 2 rings (SSSR count). The van der Waals surface area contributed by atoms with Crippen molar-refractivity contribution < 1.29 is 13.2 Å². The fraction of sp³-hybridized carbons (Fsp3) is 0.364. The second kappa shape index (κ2) is 5.09. The molecule has 2 heterocycles. The van der Waals surface area contributed by atoms with E-state index in [2.05, 4.69) is 20.9 Å². The average molecular weight is 342 g/mol. The van der Waals surface area contributed by atoms with E-state index >= 15 is 0 Å². The monoisotopic (exact) mass is 340 g/mol. The lowest BCUT2D eigenvalue weighted by molar-refractivity contribution is -0.0944. The molecular weight excluding hydrogens is 332 g/mol. The molecule has 0 spiro atoms. The van der Waals surface area contributed by atoms with Gasteiger partial charge in [-0.15, -0.1) is 0 Å². The lowest BCUT2D eigenvalue weighted by Gasteiger charge is -2.28. The van der Waals surface area contributed by atoms with E-state index < -0.39 is 11.7 Å². The van der Waals surface area contributed by atoms with Crippen molar-refractivity contribution in [2.45, 2.75) is 12.6 Å². The van der Waals surface area contributed by atoms with Crippen molar-refractivity contribution in [3.63, 3.8) is 0 Å². The van der Waals surface area contributed by atoms with Gasteiger partial charge in [0.05, 0.1) is 5.02 Å². The van der Waals surface area contributed by atoms with E-state index in [0.29, 0.717) is 10.8 Å². The van der Waals surface area contributed by atoms with Crippen LogP contribution in [0, 0.1) is 0 Å². The average Bonchev–Trinajstić information content (AvgIpc) is 2.28. The third-order valence-electron chi connectivity index (χ3n) is 2.66. The Bertz CT molecular complexity index is 488. The Kier molecular flexibility index (Phi) is 3.87. The molecule has 0 unspecified atom stereocenters. The minimum Gasteiger partial charge on any atom is -0.351 e. The minimum atomic E-state index is -4.23. The van der Waals surface area contributed by atoms with E-state index in [4.69, 9.17) is 11.6 Å². The Hall–Kier alpha value is -0.750. The molecule has 0 aliphatic carbocycles. The van der Waals surface area contributed by atoms with Crippen LogP contribution in [0.2, 0.25) is 5.02 Å². The first-order chi connectivity index (χ1) is 8.38. The molecule has 0 amide bonds. The van der Waals surface area contributed by atoms with Crippen LogP contribution >= 0.6 is 27.5 Å². The molecule has 1 aromatic heterocycles. The molecule has 1 aliphatic heterocycles. The van der Waals surface area contributed by atoms with Gasteiger partial charge in [-0.1, -0.05) is 17.7 Å². The van der Waals surface area contributed by atoms with E-state index in [0.717, 1.165) is 4.47 Å². The summed E-state index contributed by atoms with van der Waals surface area (Å²) in [6, 6.07) is 1.67. The third kappa shape index (κ3) is 2.98. The van der Waals surface area contributed by atoms with Crippen LogP contribution in [0.4, 0.5) is 19.0 Å². The highest BCUT2D eigenvalue weighted by Crippen LogP contribution is 2.33. The van der Waals surface area contributed by atoms with Gasteiger partial charge in [0, 0.05) is 29.3 Å². The lowest BCUT2D eigenvalue weighted by Crippen LogP contribution is -2.32. The predicted molar refractivity (Wildman–Crippen MR) is 67.9 cm³/mol. The maximum atomic E-state index is 12.5. The van der Waals surface area contributed by atoms with Crippen molar-refractivity contribution in [3.05, 3.63) is 33.4 Å². The number of anilines is 1. The number of alkyl halides is 3. The van der Waals surface area contributed by atoms with E-state index in [1.54, 1.807) is 17.2 Å². The van der Waals surface area contributed by atoms with Crippen molar-refractivity contribution in [1.29, 1.82) is 0 Å². The lowest BCUT2D eigenvalue weighted by atomic mass is 10.1. The maximum absolute atomic E-state index is 12.5. The number of hydrogen-bond acceptors (Lipinski definition) is 2. The molecule has 0 aromatic carbocycles. The molecule has 98 valence electrons. The topological polar surface area (TPSA) is 16.1 Å². The molecule has 2 nitrogen and oxygen atoms in total. The predicted octanol–water partition coefficient (Wildman–Crippen LogP) is 4.20. The Morgan fingerprint density at radius 1 is 1.39 bits per heavy atom. The summed E-state index contributed by atoms with van der Waals surface area (Å²) in [5.74, 6) is 0.511. The summed E-state index contributed by atoms with van der Waals surface area (Å²) < 4.78 is 38.1. The van der Waals surface area contributed by atoms with Gasteiger partial charge in [-0.25, -0.2) is 4.98 Å². The first-order valence-electron chi connectivity index (χ1n) is 5.20. The smallest absolute Gasteiger partial charge is 0.351 e. The zero-order valence-corrected chi connectivity index (χ0v) is 11.5. The molecule has 0 radical (unpaired) electrons. The van der Waals surface area contributed by atoms with Crippen LogP contribution in [0.3, 0.4) is 0 Å². The van der Waals surface area contributed by atoms with Gasteiger partial charge in [-0.2, -0.15) is 13.2 Å². The maximum Gasteiger partial charge on any atom is 0.412 e. The summed E-state index contributed by atoms with van der Waals surface area (Å²) in [5, 5.41) is 0.424. The van der Waals surface area contributed by atoms with E-state index in [9.17, 15) is 13.2 Å². The summed E-state index contributed by atoms with van der Waals surface area (Å²) in [5.41, 5.74) is -0.480. The number of aromatic nitrogens is 1. The van der Waals surface area contributed by atoms with Crippen molar-refractivity contribution in [2.24, 2.45) is 0 Å². The molecule has 0 N–H and O–H groups in total. The Balaban J connectivity index is 2.17. The van der Waals surface area contributed by atoms with E-state index in [-0.39, 0.29) is 19.5 Å². The molecule has 18 heavy (non-hydrogen) atoms. The highest BCUT2D eigenvalue weighted by atomic mass is 79.9. The van der Waals surface area contributed by atoms with Crippen LogP contribution in [0.5, 0.6) is 0 Å². The molecule has 0 fully saturated rings. The fourth-order valence-corrected chi connectivity index (χ4v) is 2.51. The number of rotatable bonds is 1. The number of nitrogens with zero attached hydrogens (tertiary/aromatic N) is 2. The summed E-state index contributed by atoms with van der Waals surface area (Å²) in [6.07, 6.45) is -1.52. The molecular formula is C11H9BrClF3N2. The van der Waals surface area contributed by atoms with Crippen LogP contribution in [-0.2, 0) is 0 Å². The molecule has 0 bridgehead atoms. The molecule has 0 saturated heterocycles. The quantitative estimate of drug-likeness (QED) is 0.712. The van der Waals surface area contributed by atoms with Crippen LogP contribution in [0.15, 0.2) is 28.4 Å². The highest BCUT2D eigenvalue weighted by molar-refractivity contribution is 9.10. The highest BCUT2D eigenvalue weighted by Gasteiger charge is 2.35. The number of pyridine rings is 1. The van der Waals surface area contributed by atoms with Gasteiger partial charge in [0.1, 0.15) is 5.82 Å². The standard InChI is InChI=1S/C11H9BrClF3N2/c12-8-5-9(13)10(17-6-8)18-3-1-7(2-4-18)11(14,15)16/h1,5-6H,2-4H2. The summed E-state index contributed by atoms with van der Waals surface area (Å²) in [4.78, 5) is 5.85. The summed E-state index contributed by atoms with van der Waals surface area (Å²) in [7, 11) is 0. The van der Waals surface area contributed by atoms with Gasteiger partial charge >= 0.3 is 6.18 Å². The van der Waals surface area contributed by atoms with Crippen LogP contribution in [-0.4, -0.2) is 24.2 Å². The zero-order valence-electron chi connectivity index (χ0n) is 9.14. The first-order valence-corrected chi connectivity index (χ1v) is 6.37. The normalized spacial score (nSPS) is 16.7. The van der Waals surface area contributed by atoms with Crippen molar-refractivity contribution >= 4 is 33.3 Å². The second-order valence-electron chi connectivity index (χ2n) is 3.88. The van der Waals surface area contributed by atoms with Gasteiger partial charge in [0.2, 0.25) is 0 Å². The van der Waals surface area contributed by atoms with Gasteiger partial charge in [-0.05, 0) is 28.4 Å². The Morgan fingerprint density at radius 2 is 2.11 bits per heavy atom. The van der Waals surface area contributed by atoms with E-state index in [1.807, 2.05) is 0 Å². The SMILES string of the molecule is FC(F)(F)C1=CCN(c2ncc(Br)cc2Cl)CC1. The Morgan fingerprint density at radius 3 is 2.61 bits per heavy atom. The van der Waals surface area contributed by atoms with Crippen molar-refractivity contribution in [2.75, 3.05) is 18.0 Å². The van der Waals surface area contributed by atoms with Crippen LogP contribution < -0.4 is 4.90 Å². The first kappa shape index (κ1) is 13.7. The third-order valence-corrected chi connectivity index (χ3v) is 3.37. The number of halogens is 5. The Labute approximate surface area is 116 Å². The van der Waals surface area contributed by atoms with Gasteiger partial charge in [0.25, 0.3) is 0 Å². The molecule has 0 atom stereocenters. The molecule has 1 aromatic rings. The van der Waals surface area contributed by atoms with E-state index in [1.165, 1.54) is 6.08 Å². The molecule has 7 heteroatoms. The summed E-state index contributed by atoms with van der Waals surface area (Å²) >= 11 is 9.24. The van der Waals surface area contributed by atoms with Crippen molar-refractivity contribution in [1.82, 2.24) is 4.98 Å². The van der Waals surface area contributed by atoms with Gasteiger partial charge in [-0.3, -0.25) is 0 Å². The minimum absolute atomic E-state index is 0.0441. The van der Waals surface area contributed by atoms with Crippen LogP contribution in [0.1, 0.15) is 6.42 Å². The van der Waals surface area contributed by atoms with Crippen molar-refractivity contribution in [3.8, 4) is 0 Å². The summed E-state index contributed by atoms with van der Waals surface area (Å²) in [6.45, 7) is 0.433. The largest absolute Gasteiger partial charge is 0.412 e. The zero-order chi connectivity index (χ0) is 13.3. The molecule has 1 aliphatic rings. The fourth-order valence-electron chi connectivity index (χ4n) is 1.76. The van der Waals surface area contributed by atoms with Gasteiger partial charge < -0.3 is 4.90 Å². The van der Waals surface area contributed by atoms with Gasteiger partial charge in [0.15, 0.2) is 0 Å². The van der Waals surface area contributed by atoms with Crippen LogP contribution in [0.25, 0.3) is 0 Å². The molecule has 0 saturated carbocycles.